The lowest BCUT2D eigenvalue weighted by molar-refractivity contribution is 0.611. The molecule has 1 aliphatic carbocycles. The van der Waals surface area contributed by atoms with Crippen LogP contribution in [0.2, 0.25) is 0 Å². The van der Waals surface area contributed by atoms with E-state index in [-0.39, 0.29) is 11.4 Å². The smallest absolute Gasteiger partial charge is 0.255 e. The predicted octanol–water partition coefficient (Wildman–Crippen LogP) is 2.93. The molecule has 116 valence electrons. The summed E-state index contributed by atoms with van der Waals surface area (Å²) < 4.78 is 15.0. The maximum atomic E-state index is 13.1. The van der Waals surface area contributed by atoms with Gasteiger partial charge in [0.2, 0.25) is 0 Å². The summed E-state index contributed by atoms with van der Waals surface area (Å²) in [6, 6.07) is 7.51. The van der Waals surface area contributed by atoms with Gasteiger partial charge in [0, 0.05) is 17.8 Å². The number of pyridine rings is 1. The molecule has 3 rings (SSSR count). The van der Waals surface area contributed by atoms with Crippen LogP contribution in [-0.2, 0) is 19.4 Å². The summed E-state index contributed by atoms with van der Waals surface area (Å²) in [4.78, 5) is 12.8. The molecule has 0 amide bonds. The fraction of sp³-hybridized carbons (Fsp3) is 0.389. The Bertz CT molecular complexity index is 734. The quantitative estimate of drug-likeness (QED) is 0.943. The number of fused-ring (bicyclic) bond motifs is 1. The first-order chi connectivity index (χ1) is 10.6. The number of nitrogens with two attached hydrogens (primary N) is 1. The van der Waals surface area contributed by atoms with Crippen molar-refractivity contribution in [2.75, 3.05) is 0 Å². The summed E-state index contributed by atoms with van der Waals surface area (Å²) in [7, 11) is 0. The first-order valence-electron chi connectivity index (χ1n) is 7.88. The van der Waals surface area contributed by atoms with Gasteiger partial charge in [0.25, 0.3) is 5.56 Å². The minimum absolute atomic E-state index is 0.000625. The molecule has 1 aliphatic rings. The summed E-state index contributed by atoms with van der Waals surface area (Å²) in [5.41, 5.74) is 10.1. The van der Waals surface area contributed by atoms with Crippen molar-refractivity contribution in [2.24, 2.45) is 5.73 Å². The van der Waals surface area contributed by atoms with E-state index in [1.807, 2.05) is 10.6 Å². The van der Waals surface area contributed by atoms with Gasteiger partial charge < -0.3 is 10.3 Å². The summed E-state index contributed by atoms with van der Waals surface area (Å²) in [6.07, 6.45) is 3.98. The highest BCUT2D eigenvalue weighted by Crippen LogP contribution is 2.25. The van der Waals surface area contributed by atoms with Crippen LogP contribution < -0.4 is 11.3 Å². The van der Waals surface area contributed by atoms with Crippen LogP contribution in [0.15, 0.2) is 35.1 Å². The molecule has 2 aromatic rings. The van der Waals surface area contributed by atoms with Crippen LogP contribution in [0.4, 0.5) is 4.39 Å². The number of halogens is 1. The van der Waals surface area contributed by atoms with E-state index in [1.54, 1.807) is 12.1 Å². The molecule has 1 atom stereocenters. The van der Waals surface area contributed by atoms with Crippen molar-refractivity contribution in [3.8, 4) is 0 Å². The van der Waals surface area contributed by atoms with Crippen molar-refractivity contribution in [3.05, 3.63) is 68.9 Å². The molecular weight excluding hydrogens is 279 g/mol. The van der Waals surface area contributed by atoms with Gasteiger partial charge in [0.05, 0.1) is 6.04 Å². The van der Waals surface area contributed by atoms with E-state index < -0.39 is 6.04 Å². The van der Waals surface area contributed by atoms with Gasteiger partial charge in [0.1, 0.15) is 5.82 Å². The lowest BCUT2D eigenvalue weighted by Gasteiger charge is -2.18. The van der Waals surface area contributed by atoms with Gasteiger partial charge in [-0.3, -0.25) is 4.79 Å². The Hall–Kier alpha value is -1.94. The van der Waals surface area contributed by atoms with Crippen LogP contribution in [-0.4, -0.2) is 4.57 Å². The van der Waals surface area contributed by atoms with Gasteiger partial charge >= 0.3 is 0 Å². The van der Waals surface area contributed by atoms with E-state index in [9.17, 15) is 9.18 Å². The van der Waals surface area contributed by atoms with E-state index in [2.05, 4.69) is 6.92 Å². The highest BCUT2D eigenvalue weighted by Gasteiger charge is 2.22. The molecule has 1 unspecified atom stereocenters. The predicted molar refractivity (Wildman–Crippen MR) is 85.4 cm³/mol. The second-order valence-corrected chi connectivity index (χ2v) is 5.91. The van der Waals surface area contributed by atoms with E-state index in [0.29, 0.717) is 5.56 Å². The Labute approximate surface area is 129 Å². The molecule has 1 aromatic heterocycles. The van der Waals surface area contributed by atoms with E-state index in [1.165, 1.54) is 23.4 Å². The van der Waals surface area contributed by atoms with Crippen LogP contribution >= 0.6 is 0 Å². The monoisotopic (exact) mass is 300 g/mol. The molecule has 0 aliphatic heterocycles. The van der Waals surface area contributed by atoms with Crippen LogP contribution in [0.5, 0.6) is 0 Å². The van der Waals surface area contributed by atoms with Crippen molar-refractivity contribution in [2.45, 2.75) is 45.2 Å². The molecule has 0 saturated heterocycles. The van der Waals surface area contributed by atoms with Gasteiger partial charge in [-0.1, -0.05) is 19.1 Å². The molecule has 0 bridgehead atoms. The van der Waals surface area contributed by atoms with Crippen molar-refractivity contribution in [3.63, 3.8) is 0 Å². The van der Waals surface area contributed by atoms with Crippen molar-refractivity contribution < 1.29 is 4.39 Å². The summed E-state index contributed by atoms with van der Waals surface area (Å²) in [5.74, 6) is -0.298. The Balaban J connectivity index is 2.09. The molecule has 2 N–H and O–H groups in total. The van der Waals surface area contributed by atoms with Crippen LogP contribution in [0.25, 0.3) is 0 Å². The van der Waals surface area contributed by atoms with E-state index in [0.717, 1.165) is 37.8 Å². The first kappa shape index (κ1) is 15.0. The number of aryl methyl sites for hydroxylation is 1. The molecule has 0 spiro atoms. The zero-order chi connectivity index (χ0) is 15.7. The van der Waals surface area contributed by atoms with Crippen LogP contribution in [0, 0.1) is 5.82 Å². The maximum absolute atomic E-state index is 13.1. The second-order valence-electron chi connectivity index (χ2n) is 5.91. The number of rotatable bonds is 4. The number of aromatic nitrogens is 1. The highest BCUT2D eigenvalue weighted by molar-refractivity contribution is 5.36. The van der Waals surface area contributed by atoms with Crippen molar-refractivity contribution in [1.82, 2.24) is 4.57 Å². The fourth-order valence-corrected chi connectivity index (χ4v) is 3.28. The molecule has 0 fully saturated rings. The molecule has 3 nitrogen and oxygen atoms in total. The average Bonchev–Trinajstić information content (AvgIpc) is 2.98. The standard InChI is InChI=1S/C18H21FN2O/c1-2-10-21-16-5-3-4-13(16)11-15(18(21)22)17(20)12-6-8-14(19)9-7-12/h6-9,11,17H,2-5,10,20H2,1H3. The van der Waals surface area contributed by atoms with Crippen molar-refractivity contribution >= 4 is 0 Å². The Morgan fingerprint density at radius 3 is 2.68 bits per heavy atom. The van der Waals surface area contributed by atoms with Gasteiger partial charge in [0.15, 0.2) is 0 Å². The van der Waals surface area contributed by atoms with E-state index >= 15 is 0 Å². The lowest BCUT2D eigenvalue weighted by Crippen LogP contribution is -2.31. The maximum Gasteiger partial charge on any atom is 0.255 e. The molecule has 1 aromatic carbocycles. The third-order valence-corrected chi connectivity index (χ3v) is 4.39. The number of nitrogens with zero attached hydrogens (tertiary/aromatic N) is 1. The van der Waals surface area contributed by atoms with Crippen LogP contribution in [0.3, 0.4) is 0 Å². The SMILES string of the molecule is CCCn1c2c(cc(C(N)c3ccc(F)cc3)c1=O)CCC2. The summed E-state index contributed by atoms with van der Waals surface area (Å²) in [5, 5.41) is 0. The van der Waals surface area contributed by atoms with Gasteiger partial charge in [-0.25, -0.2) is 4.39 Å². The number of hydrogen-bond donors (Lipinski definition) is 1. The molecule has 0 radical (unpaired) electrons. The van der Waals surface area contributed by atoms with Gasteiger partial charge in [-0.15, -0.1) is 0 Å². The van der Waals surface area contributed by atoms with Gasteiger partial charge in [-0.2, -0.15) is 0 Å². The molecule has 4 heteroatoms. The average molecular weight is 300 g/mol. The third-order valence-electron chi connectivity index (χ3n) is 4.39. The fourth-order valence-electron chi connectivity index (χ4n) is 3.28. The Morgan fingerprint density at radius 2 is 2.00 bits per heavy atom. The Kier molecular flexibility index (Phi) is 4.12. The van der Waals surface area contributed by atoms with Crippen molar-refractivity contribution in [1.29, 1.82) is 0 Å². The highest BCUT2D eigenvalue weighted by atomic mass is 19.1. The lowest BCUT2D eigenvalue weighted by atomic mass is 9.98. The summed E-state index contributed by atoms with van der Waals surface area (Å²) >= 11 is 0. The topological polar surface area (TPSA) is 48.0 Å². The molecule has 22 heavy (non-hydrogen) atoms. The first-order valence-corrected chi connectivity index (χ1v) is 7.88. The molecule has 0 saturated carbocycles. The second kappa shape index (κ2) is 6.05. The van der Waals surface area contributed by atoms with E-state index in [4.69, 9.17) is 5.73 Å². The minimum atomic E-state index is -0.512. The normalized spacial score (nSPS) is 14.9. The Morgan fingerprint density at radius 1 is 1.27 bits per heavy atom. The third kappa shape index (κ3) is 2.59. The minimum Gasteiger partial charge on any atom is -0.320 e. The van der Waals surface area contributed by atoms with Gasteiger partial charge in [-0.05, 0) is 55.0 Å². The molecule has 1 heterocycles. The largest absolute Gasteiger partial charge is 0.320 e. The summed E-state index contributed by atoms with van der Waals surface area (Å²) in [6.45, 7) is 2.80. The number of hydrogen-bond acceptors (Lipinski definition) is 2. The van der Waals surface area contributed by atoms with Crippen LogP contribution in [0.1, 0.15) is 48.2 Å². The molecular formula is C18H21FN2O. The number of benzene rings is 1. The zero-order valence-electron chi connectivity index (χ0n) is 12.8. The zero-order valence-corrected chi connectivity index (χ0v) is 12.8.